The Hall–Kier alpha value is -8.42. The zero-order valence-electron chi connectivity index (χ0n) is 78.4. The van der Waals surface area contributed by atoms with E-state index in [4.69, 9.17) is 144 Å². The molecular formula is C96H117Br2Cl10N10NaO19. The van der Waals surface area contributed by atoms with E-state index in [1.807, 2.05) is 78.8 Å². The Morgan fingerprint density at radius 2 is 0.572 bits per heavy atom. The Balaban J connectivity index is 0.00000165. The number of amides is 4. The fourth-order valence-electron chi connectivity index (χ4n) is 10.6. The smallest absolute Gasteiger partial charge is 0.550 e. The molecule has 0 saturated heterocycles. The molecule has 138 heavy (non-hydrogen) atoms. The molecule has 0 atom stereocenters. The molecule has 0 aromatic heterocycles. The maximum atomic E-state index is 12.3. The van der Waals surface area contributed by atoms with E-state index in [0.717, 1.165) is 12.8 Å². The number of carbonyl (C=O) groups excluding carboxylic acids is 12. The van der Waals surface area contributed by atoms with E-state index >= 15 is 0 Å². The molecule has 0 spiro atoms. The molecule has 0 aliphatic heterocycles. The zero-order valence-corrected chi connectivity index (χ0v) is 91.2. The van der Waals surface area contributed by atoms with E-state index in [1.165, 1.54) is 0 Å². The van der Waals surface area contributed by atoms with Crippen molar-refractivity contribution >= 4 is 265 Å². The van der Waals surface area contributed by atoms with Crippen molar-refractivity contribution in [3.63, 3.8) is 0 Å². The molecule has 8 aromatic carbocycles. The first-order valence-corrected chi connectivity index (χ1v) is 48.1. The fourth-order valence-corrected chi connectivity index (χ4v) is 12.7. The van der Waals surface area contributed by atoms with Crippen LogP contribution in [0.2, 0.25) is 40.2 Å². The van der Waals surface area contributed by atoms with Crippen molar-refractivity contribution in [2.24, 2.45) is 11.5 Å². The summed E-state index contributed by atoms with van der Waals surface area (Å²) in [4.78, 5) is 136. The number of hydrogen-bond acceptors (Lipinski definition) is 25. The number of esters is 6. The predicted molar refractivity (Wildman–Crippen MR) is 553 cm³/mol. The summed E-state index contributed by atoms with van der Waals surface area (Å²) in [5.41, 5.74) is 16.7. The second-order valence-electron chi connectivity index (χ2n) is 31.6. The van der Waals surface area contributed by atoms with Crippen LogP contribution < -0.4 is 88.7 Å². The number of hydrogen-bond donors (Lipinski definition) is 10. The van der Waals surface area contributed by atoms with Crippen molar-refractivity contribution in [3.8, 4) is 0 Å². The Bertz CT molecular complexity index is 5100. The van der Waals surface area contributed by atoms with E-state index in [2.05, 4.69) is 74.4 Å². The molecule has 0 aliphatic carbocycles. The van der Waals surface area contributed by atoms with Crippen molar-refractivity contribution in [3.05, 3.63) is 232 Å². The topological polar surface area (TPSA) is 432 Å². The van der Waals surface area contributed by atoms with E-state index < -0.39 is 53.5 Å². The van der Waals surface area contributed by atoms with Crippen LogP contribution in [0.5, 0.6) is 0 Å². The number of ether oxygens (including phenoxy) is 6. The van der Waals surface area contributed by atoms with Gasteiger partial charge in [-0.1, -0.05) is 235 Å². The number of carbonyl (C=O) groups is 12. The Labute approximate surface area is 896 Å². The van der Waals surface area contributed by atoms with E-state index in [1.54, 1.807) is 160 Å². The molecule has 0 fully saturated rings. The Morgan fingerprint density at radius 3 is 0.804 bits per heavy atom. The molecule has 0 bridgehead atoms. The summed E-state index contributed by atoms with van der Waals surface area (Å²) >= 11 is 59.9. The van der Waals surface area contributed by atoms with Crippen LogP contribution >= 0.6 is 149 Å². The predicted octanol–water partition coefficient (Wildman–Crippen LogP) is 17.0. The third kappa shape index (κ3) is 60.0. The maximum absolute atomic E-state index is 12.3. The Morgan fingerprint density at radius 1 is 0.333 bits per heavy atom. The second kappa shape index (κ2) is 71.9. The minimum absolute atomic E-state index is 0. The van der Waals surface area contributed by atoms with Crippen molar-refractivity contribution in [1.29, 1.82) is 0 Å². The molecule has 0 unspecified atom stereocenters. The van der Waals surface area contributed by atoms with Crippen LogP contribution in [0.3, 0.4) is 0 Å². The van der Waals surface area contributed by atoms with Crippen LogP contribution in [0.4, 0.5) is 45.5 Å². The van der Waals surface area contributed by atoms with Crippen LogP contribution in [-0.4, -0.2) is 157 Å². The number of anilines is 8. The van der Waals surface area contributed by atoms with Crippen molar-refractivity contribution in [2.75, 3.05) is 91.0 Å². The van der Waals surface area contributed by atoms with Crippen LogP contribution in [0.25, 0.3) is 0 Å². The summed E-state index contributed by atoms with van der Waals surface area (Å²) in [6, 6.07) is 49.4. The number of benzene rings is 8. The minimum atomic E-state index is -1.14. The van der Waals surface area contributed by atoms with Gasteiger partial charge in [0.05, 0.1) is 92.9 Å². The number of unbranched alkanes of at least 4 members (excludes halogenated alkanes) is 1. The number of aliphatic carboxylic acids is 1. The molecule has 0 radical (unpaired) electrons. The molecule has 8 aromatic rings. The van der Waals surface area contributed by atoms with Gasteiger partial charge in [-0.25, -0.2) is 0 Å². The first kappa shape index (κ1) is 130. The standard InChI is InChI=1S/C24H28Cl2N2O5.C20H22Cl2N2O3.C18H19Cl2N3O3.C14H11Cl2NO2.C10H18BrNO3.C8H17NO2.C2H2BrClO.ClH.Na/c1-24(2,3)33-21(30)12-7-13-27-20(29)15-32-22(31)14-16-8-4-5-11-19(16)28-23-17(25)9-6-10-18(23)26;1-2-3-11-23-18(25)13-27-19(26)12-14-7-4-5-10-17(14)24-20-15(21)8-6-9-16(20)22;19-13-5-3-6-14(20)18(13)23-15-7-2-1-4-12(15)10-17(25)26-11-16(24)22-9-8-21;15-10-5-3-6-11(16)14(10)17-12-7-2-1-4-9(12)8-13(18)19;1-10(2,3)15-9(14)5-4-6-12-8(13)7-11;1-8(2,3)11-7(10)5-4-6-9;3-1-2(4)5;;/h4-6,8-11,28H,7,12-15H2,1-3H3,(H,27,29);4-10,24H,2-3,11-13H2,1H3,(H,23,25);1-7,23H,8-11,21H2,(H,22,24);1-7,17H,8H2,(H,18,19);4-7H2,1-3H3,(H,12,13);4-6,9H2,1-3H3;1H2;1H;/q;;;;;;;;+1/p-1. The number of nitrogens with two attached hydrogens (primary N) is 2. The van der Waals surface area contributed by atoms with Gasteiger partial charge >= 0.3 is 65.4 Å². The molecule has 12 N–H and O–H groups in total. The second-order valence-corrected chi connectivity index (χ2v) is 36.4. The fraction of sp³-hybridized carbons (Fsp3) is 0.375. The van der Waals surface area contributed by atoms with Gasteiger partial charge in [-0.2, -0.15) is 0 Å². The third-order valence-corrected chi connectivity index (χ3v) is 20.5. The van der Waals surface area contributed by atoms with Crippen molar-refractivity contribution in [2.45, 2.75) is 163 Å². The average Bonchev–Trinajstić information content (AvgIpc) is 0.846. The van der Waals surface area contributed by atoms with E-state index in [-0.39, 0.29) is 140 Å². The number of carboxylic acid groups (broad SMARTS) is 1. The van der Waals surface area contributed by atoms with Crippen molar-refractivity contribution in [1.82, 2.24) is 21.3 Å². The number of carboxylic acids is 1. The van der Waals surface area contributed by atoms with Gasteiger partial charge in [0.2, 0.25) is 11.1 Å². The first-order valence-electron chi connectivity index (χ1n) is 42.5. The number of halogens is 12. The van der Waals surface area contributed by atoms with Crippen LogP contribution in [0.1, 0.15) is 143 Å². The van der Waals surface area contributed by atoms with Crippen LogP contribution in [-0.2, 0) is 112 Å². The zero-order chi connectivity index (χ0) is 102. The molecule has 8 rings (SSSR count). The summed E-state index contributed by atoms with van der Waals surface area (Å²) in [5.74, 6) is -4.62. The normalized spacial score (nSPS) is 10.3. The average molecular weight is 2250 g/mol. The molecular weight excluding hydrogens is 2130 g/mol. The number of para-hydroxylation sites is 8. The van der Waals surface area contributed by atoms with Gasteiger partial charge in [0.1, 0.15) is 16.8 Å². The van der Waals surface area contributed by atoms with Gasteiger partial charge in [-0.05, 0) is 201 Å². The third-order valence-electron chi connectivity index (χ3n) is 16.5. The van der Waals surface area contributed by atoms with Gasteiger partial charge in [-0.15, -0.1) is 12.4 Å². The van der Waals surface area contributed by atoms with Gasteiger partial charge in [0.15, 0.2) is 19.8 Å². The van der Waals surface area contributed by atoms with Gasteiger partial charge in [-0.3, -0.25) is 52.7 Å². The van der Waals surface area contributed by atoms with Gasteiger partial charge in [0, 0.05) is 87.1 Å². The molecule has 750 valence electrons. The first-order chi connectivity index (χ1) is 64.2. The quantitative estimate of drug-likeness (QED) is 0.00426. The molecule has 42 heteroatoms. The van der Waals surface area contributed by atoms with Crippen molar-refractivity contribution < 1.29 is 121 Å². The van der Waals surface area contributed by atoms with Gasteiger partial charge < -0.3 is 92.3 Å². The number of alkyl halides is 2. The van der Waals surface area contributed by atoms with Gasteiger partial charge in [0.25, 0.3) is 17.7 Å². The largest absolute Gasteiger partial charge is 1.00 e. The summed E-state index contributed by atoms with van der Waals surface area (Å²) in [7, 11) is 0. The van der Waals surface area contributed by atoms with Crippen LogP contribution in [0, 0.1) is 0 Å². The number of rotatable bonds is 40. The number of nitrogens with one attached hydrogen (secondary N) is 8. The van der Waals surface area contributed by atoms with Crippen LogP contribution in [0.15, 0.2) is 170 Å². The van der Waals surface area contributed by atoms with E-state index in [0.29, 0.717) is 178 Å². The summed E-state index contributed by atoms with van der Waals surface area (Å²) < 4.78 is 30.5. The molecule has 4 amide bonds. The molecule has 0 saturated carbocycles. The molecule has 0 aliphatic rings. The molecule has 0 heterocycles. The monoisotopic (exact) mass is 2240 g/mol. The SMILES string of the molecule is CC(C)(C)OC(=O)CCCN.CC(C)(C)OC(=O)CCCNC(=O)CBr.CC(C)(C)OC(=O)CCCNC(=O)COC(=O)Cc1ccccc1Nc1c(Cl)cccc1Cl.CCCCNC(=O)COC(=O)Cc1ccccc1Nc1c(Cl)cccc1Cl.Cl.NCCNC(=O)COC(=O)Cc1ccccc1Nc1c(Cl)cccc1Cl.O=C(Cl)CBr.O=C([O-])Cc1ccccc1Nc1c(Cl)cccc1Cl.[Na+]. The summed E-state index contributed by atoms with van der Waals surface area (Å²) in [5, 5.41) is 37.6. The Kier molecular flexibility index (Phi) is 67.5. The summed E-state index contributed by atoms with van der Waals surface area (Å²) in [6.45, 7) is 20.0. The summed E-state index contributed by atoms with van der Waals surface area (Å²) in [6.07, 6.45) is 4.36. The van der Waals surface area contributed by atoms with E-state index in [9.17, 15) is 62.6 Å². The maximum Gasteiger partial charge on any atom is 1.00 e. The molecule has 29 nitrogen and oxygen atoms in total. The minimum Gasteiger partial charge on any atom is -0.550 e.